The van der Waals surface area contributed by atoms with Crippen LogP contribution in [0.3, 0.4) is 0 Å². The third-order valence-electron chi connectivity index (χ3n) is 12.7. The van der Waals surface area contributed by atoms with Crippen molar-refractivity contribution in [3.05, 3.63) is 222 Å². The summed E-state index contributed by atoms with van der Waals surface area (Å²) in [6.07, 6.45) is 0. The molecular weight excluding hydrogens is 707 g/mol. The quantitative estimate of drug-likeness (QED) is 0.180. The third kappa shape index (κ3) is 4.07. The summed E-state index contributed by atoms with van der Waals surface area (Å²) < 4.78 is 13.6. The zero-order chi connectivity index (χ0) is 38.0. The van der Waals surface area contributed by atoms with Gasteiger partial charge in [0.2, 0.25) is 0 Å². The zero-order valence-corrected chi connectivity index (χ0v) is 31.3. The molecule has 11 aromatic rings. The van der Waals surface area contributed by atoms with E-state index in [0.29, 0.717) is 0 Å². The molecule has 0 amide bonds. The van der Waals surface area contributed by atoms with Crippen molar-refractivity contribution < 1.29 is 8.83 Å². The van der Waals surface area contributed by atoms with Crippen molar-refractivity contribution in [1.82, 2.24) is 0 Å². The molecule has 2 heterocycles. The van der Waals surface area contributed by atoms with Gasteiger partial charge in [-0.1, -0.05) is 152 Å². The normalized spacial score (nSPS) is 13.3. The van der Waals surface area contributed by atoms with Crippen LogP contribution in [0.4, 0.5) is 17.1 Å². The maximum Gasteiger partial charge on any atom is 0.160 e. The molecule has 3 heteroatoms. The lowest BCUT2D eigenvalue weighted by atomic mass is 9.70. The zero-order valence-electron chi connectivity index (χ0n) is 31.3. The highest BCUT2D eigenvalue weighted by molar-refractivity contribution is 6.29. The fraction of sp³-hybridized carbons (Fsp3) is 0.0182. The van der Waals surface area contributed by atoms with E-state index in [9.17, 15) is 0 Å². The average Bonchev–Trinajstić information content (AvgIpc) is 4.03. The SMILES string of the molecule is c1ccc(-c2ccc(N(c3ccccc3)c3ccc4c(c3)C3(c5ccccc5-c5ccccc53)c3ccccc3-4)c3oc4ccc5oc6ccccc6c5c4c23)cc1. The molecule has 0 unspecified atom stereocenters. The highest BCUT2D eigenvalue weighted by Gasteiger charge is 2.51. The van der Waals surface area contributed by atoms with Crippen molar-refractivity contribution in [3.8, 4) is 33.4 Å². The number of furan rings is 2. The molecule has 0 saturated carbocycles. The molecule has 1 spiro atoms. The minimum atomic E-state index is -0.461. The van der Waals surface area contributed by atoms with Gasteiger partial charge in [0.1, 0.15) is 16.7 Å². The number of fused-ring (bicyclic) bond motifs is 17. The molecule has 3 nitrogen and oxygen atoms in total. The van der Waals surface area contributed by atoms with E-state index in [1.165, 1.54) is 44.5 Å². The predicted molar refractivity (Wildman–Crippen MR) is 237 cm³/mol. The molecule has 13 rings (SSSR count). The highest BCUT2D eigenvalue weighted by Crippen LogP contribution is 2.63. The fourth-order valence-corrected chi connectivity index (χ4v) is 10.4. The van der Waals surface area contributed by atoms with Gasteiger partial charge in [0.15, 0.2) is 5.58 Å². The van der Waals surface area contributed by atoms with E-state index in [4.69, 9.17) is 8.83 Å². The van der Waals surface area contributed by atoms with Crippen molar-refractivity contribution in [1.29, 1.82) is 0 Å². The summed E-state index contributed by atoms with van der Waals surface area (Å²) in [6.45, 7) is 0. The van der Waals surface area contributed by atoms with Gasteiger partial charge in [-0.05, 0) is 104 Å². The molecule has 2 aliphatic carbocycles. The first kappa shape index (κ1) is 31.6. The summed E-state index contributed by atoms with van der Waals surface area (Å²) in [4.78, 5) is 2.38. The maximum atomic E-state index is 7.14. The van der Waals surface area contributed by atoms with Crippen molar-refractivity contribution in [2.24, 2.45) is 0 Å². The molecule has 0 saturated heterocycles. The number of rotatable bonds is 4. The Hall–Kier alpha value is -7.62. The maximum absolute atomic E-state index is 7.14. The molecule has 2 aromatic heterocycles. The second-order valence-electron chi connectivity index (χ2n) is 15.5. The van der Waals surface area contributed by atoms with Gasteiger partial charge in [-0.2, -0.15) is 0 Å². The first-order valence-corrected chi connectivity index (χ1v) is 19.9. The summed E-state index contributed by atoms with van der Waals surface area (Å²) in [5.41, 5.74) is 18.6. The molecule has 0 fully saturated rings. The van der Waals surface area contributed by atoms with Crippen LogP contribution in [0.1, 0.15) is 22.3 Å². The van der Waals surface area contributed by atoms with Gasteiger partial charge in [0.05, 0.1) is 11.1 Å². The molecule has 0 aliphatic heterocycles. The van der Waals surface area contributed by atoms with Crippen LogP contribution >= 0.6 is 0 Å². The lowest BCUT2D eigenvalue weighted by Gasteiger charge is -2.32. The van der Waals surface area contributed by atoms with E-state index in [1.54, 1.807) is 0 Å². The Labute approximate surface area is 334 Å². The summed E-state index contributed by atoms with van der Waals surface area (Å²) in [6, 6.07) is 72.3. The number of benzene rings is 9. The number of hydrogen-bond donors (Lipinski definition) is 0. The lowest BCUT2D eigenvalue weighted by molar-refractivity contribution is 0.663. The molecule has 2 aliphatic rings. The smallest absolute Gasteiger partial charge is 0.160 e. The Morgan fingerprint density at radius 1 is 0.345 bits per heavy atom. The fourth-order valence-electron chi connectivity index (χ4n) is 10.4. The number of anilines is 3. The van der Waals surface area contributed by atoms with E-state index in [-0.39, 0.29) is 0 Å². The number of nitrogens with zero attached hydrogens (tertiary/aromatic N) is 1. The Balaban J connectivity index is 1.13. The van der Waals surface area contributed by atoms with Crippen LogP contribution in [0.2, 0.25) is 0 Å². The van der Waals surface area contributed by atoms with Crippen molar-refractivity contribution in [3.63, 3.8) is 0 Å². The Morgan fingerprint density at radius 3 is 1.59 bits per heavy atom. The van der Waals surface area contributed by atoms with Gasteiger partial charge in [0.25, 0.3) is 0 Å². The summed E-state index contributed by atoms with van der Waals surface area (Å²) in [5.74, 6) is 0. The minimum absolute atomic E-state index is 0.461. The van der Waals surface area contributed by atoms with Crippen LogP contribution in [0.25, 0.3) is 77.3 Å². The number of para-hydroxylation sites is 2. The predicted octanol–water partition coefficient (Wildman–Crippen LogP) is 15.0. The first-order valence-electron chi connectivity index (χ1n) is 19.9. The van der Waals surface area contributed by atoms with Crippen LogP contribution in [0.15, 0.2) is 209 Å². The van der Waals surface area contributed by atoms with Crippen molar-refractivity contribution in [2.75, 3.05) is 4.90 Å². The molecule has 0 bridgehead atoms. The largest absolute Gasteiger partial charge is 0.456 e. The van der Waals surface area contributed by atoms with Crippen LogP contribution < -0.4 is 4.90 Å². The van der Waals surface area contributed by atoms with E-state index < -0.39 is 5.41 Å². The molecule has 0 N–H and O–H groups in total. The van der Waals surface area contributed by atoms with E-state index in [0.717, 1.165) is 72.1 Å². The molecule has 0 atom stereocenters. The van der Waals surface area contributed by atoms with Crippen LogP contribution in [0, 0.1) is 0 Å². The Kier molecular flexibility index (Phi) is 6.37. The van der Waals surface area contributed by atoms with E-state index in [1.807, 2.05) is 18.2 Å². The van der Waals surface area contributed by atoms with Gasteiger partial charge in [-0.3, -0.25) is 0 Å². The van der Waals surface area contributed by atoms with E-state index in [2.05, 4.69) is 187 Å². The molecule has 9 aromatic carbocycles. The molecule has 0 radical (unpaired) electrons. The summed E-state index contributed by atoms with van der Waals surface area (Å²) in [7, 11) is 0. The van der Waals surface area contributed by atoms with Gasteiger partial charge in [0, 0.05) is 32.9 Å². The Bertz CT molecular complexity index is 3400. The van der Waals surface area contributed by atoms with Crippen molar-refractivity contribution >= 4 is 60.9 Å². The average molecular weight is 740 g/mol. The molecule has 270 valence electrons. The van der Waals surface area contributed by atoms with Crippen LogP contribution in [-0.2, 0) is 5.41 Å². The lowest BCUT2D eigenvalue weighted by Crippen LogP contribution is -2.26. The summed E-state index contributed by atoms with van der Waals surface area (Å²) >= 11 is 0. The van der Waals surface area contributed by atoms with Gasteiger partial charge in [-0.15, -0.1) is 0 Å². The van der Waals surface area contributed by atoms with Gasteiger partial charge < -0.3 is 13.7 Å². The monoisotopic (exact) mass is 739 g/mol. The second-order valence-corrected chi connectivity index (χ2v) is 15.5. The van der Waals surface area contributed by atoms with Crippen molar-refractivity contribution in [2.45, 2.75) is 5.41 Å². The second kappa shape index (κ2) is 11.7. The highest BCUT2D eigenvalue weighted by atomic mass is 16.3. The Morgan fingerprint density at radius 2 is 0.897 bits per heavy atom. The molecule has 58 heavy (non-hydrogen) atoms. The molecular formula is C55H33NO2. The van der Waals surface area contributed by atoms with E-state index >= 15 is 0 Å². The van der Waals surface area contributed by atoms with Gasteiger partial charge >= 0.3 is 0 Å². The van der Waals surface area contributed by atoms with Gasteiger partial charge in [-0.25, -0.2) is 0 Å². The number of hydrogen-bond acceptors (Lipinski definition) is 3. The first-order chi connectivity index (χ1) is 28.8. The van der Waals surface area contributed by atoms with Crippen LogP contribution in [-0.4, -0.2) is 0 Å². The summed E-state index contributed by atoms with van der Waals surface area (Å²) in [5, 5.41) is 4.29. The topological polar surface area (TPSA) is 29.5 Å². The minimum Gasteiger partial charge on any atom is -0.456 e. The standard InChI is InChI=1S/C55H33NO2/c1-3-15-34(16-4-1)37-29-30-47(54-52(37)53-50(58-54)32-31-49-51(53)42-22-10-14-26-48(42)57-49)56(35-17-5-2-6-18-35)36-27-28-41-40-21-9-13-25-45(40)55(46(41)33-36)43-23-11-7-19-38(43)39-20-8-12-24-44(39)55/h1-33H. The third-order valence-corrected chi connectivity index (χ3v) is 12.7. The van der Waals surface area contributed by atoms with Crippen LogP contribution in [0.5, 0.6) is 0 Å².